The Morgan fingerprint density at radius 3 is 2.62 bits per heavy atom. The Morgan fingerprint density at radius 1 is 1.46 bits per heavy atom. The van der Waals surface area contributed by atoms with E-state index >= 15 is 0 Å². The Labute approximate surface area is 154 Å². The second-order valence-corrected chi connectivity index (χ2v) is 7.83. The molecule has 1 fully saturated rings. The number of ether oxygens (including phenoxy) is 2. The van der Waals surface area contributed by atoms with Crippen LogP contribution in [0.1, 0.15) is 40.2 Å². The lowest BCUT2D eigenvalue weighted by atomic mass is 10.1. The smallest absolute Gasteiger partial charge is 0.412 e. The van der Waals surface area contributed by atoms with Gasteiger partial charge in [0.15, 0.2) is 0 Å². The molecule has 1 heterocycles. The van der Waals surface area contributed by atoms with E-state index in [1.807, 2.05) is 30.3 Å². The molecule has 1 aliphatic rings. The topological polar surface area (TPSA) is 86.0 Å². The van der Waals surface area contributed by atoms with Gasteiger partial charge in [0.2, 0.25) is 0 Å². The molecule has 7 heteroatoms. The van der Waals surface area contributed by atoms with Crippen LogP contribution in [0.15, 0.2) is 30.3 Å². The minimum atomic E-state index is -0.954. The molecule has 2 rings (SSSR count). The third kappa shape index (κ3) is 4.73. The van der Waals surface area contributed by atoms with Crippen LogP contribution in [0.3, 0.4) is 0 Å². The van der Waals surface area contributed by atoms with Gasteiger partial charge in [-0.2, -0.15) is 10.3 Å². The van der Waals surface area contributed by atoms with Gasteiger partial charge < -0.3 is 14.7 Å². The predicted molar refractivity (Wildman–Crippen MR) is 95.1 cm³/mol. The first-order valence-corrected chi connectivity index (χ1v) is 8.60. The normalized spacial score (nSPS) is 20.7. The Bertz CT molecular complexity index is 664. The van der Waals surface area contributed by atoms with E-state index < -0.39 is 29.5 Å². The van der Waals surface area contributed by atoms with Crippen molar-refractivity contribution < 1.29 is 19.5 Å². The monoisotopic (exact) mass is 361 g/mol. The Kier molecular flexibility index (Phi) is 5.91. The van der Waals surface area contributed by atoms with Crippen LogP contribution >= 0.6 is 0 Å². The maximum absolute atomic E-state index is 12.7. The summed E-state index contributed by atoms with van der Waals surface area (Å²) in [6.45, 7) is 9.11. The summed E-state index contributed by atoms with van der Waals surface area (Å²) < 4.78 is 11.2. The first kappa shape index (κ1) is 20.2. The fourth-order valence-corrected chi connectivity index (χ4v) is 2.95. The summed E-state index contributed by atoms with van der Waals surface area (Å²) in [5.74, 6) is 0. The van der Waals surface area contributed by atoms with Crippen molar-refractivity contribution in [2.24, 2.45) is 0 Å². The van der Waals surface area contributed by atoms with Crippen molar-refractivity contribution in [3.63, 3.8) is 0 Å². The zero-order valence-corrected chi connectivity index (χ0v) is 16.0. The van der Waals surface area contributed by atoms with E-state index in [-0.39, 0.29) is 13.2 Å². The van der Waals surface area contributed by atoms with Crippen LogP contribution in [0.4, 0.5) is 4.79 Å². The molecule has 1 aromatic carbocycles. The molecule has 0 aromatic heterocycles. The van der Waals surface area contributed by atoms with E-state index in [1.165, 1.54) is 4.90 Å². The molecule has 2 atom stereocenters. The molecule has 0 radical (unpaired) electrons. The molecule has 0 bridgehead atoms. The minimum absolute atomic E-state index is 0.135. The molecule has 1 saturated heterocycles. The number of carbonyl (C=O) groups excluding carboxylic acids is 1. The number of hydrogen-bond acceptors (Lipinski definition) is 6. The quantitative estimate of drug-likeness (QED) is 0.829. The number of carbonyl (C=O) groups is 1. The molecular weight excluding hydrogens is 334 g/mol. The molecule has 142 valence electrons. The number of rotatable bonds is 4. The van der Waals surface area contributed by atoms with Crippen molar-refractivity contribution >= 4 is 6.09 Å². The lowest BCUT2D eigenvalue weighted by Crippen LogP contribution is -2.56. The predicted octanol–water partition coefficient (Wildman–Crippen LogP) is 3.14. The summed E-state index contributed by atoms with van der Waals surface area (Å²) in [5, 5.41) is 21.1. The highest BCUT2D eigenvalue weighted by Crippen LogP contribution is 2.32. The minimum Gasteiger partial charge on any atom is -0.444 e. The van der Waals surface area contributed by atoms with Crippen molar-refractivity contribution in [1.29, 1.82) is 5.26 Å². The molecule has 26 heavy (non-hydrogen) atoms. The van der Waals surface area contributed by atoms with E-state index in [0.717, 1.165) is 10.6 Å². The van der Waals surface area contributed by atoms with Gasteiger partial charge in [-0.1, -0.05) is 30.3 Å². The Balaban J connectivity index is 2.21. The van der Waals surface area contributed by atoms with Crippen LogP contribution in [0, 0.1) is 11.3 Å². The SMILES string of the molecule is CC(C)(C)OC(=O)N1C(C(C#N)N(O)Cc2ccccc2)COC1(C)C. The lowest BCUT2D eigenvalue weighted by Gasteiger charge is -2.37. The zero-order chi connectivity index (χ0) is 19.5. The fraction of sp³-hybridized carbons (Fsp3) is 0.579. The summed E-state index contributed by atoms with van der Waals surface area (Å²) in [6.07, 6.45) is -0.571. The van der Waals surface area contributed by atoms with Gasteiger partial charge in [-0.05, 0) is 40.2 Å². The van der Waals surface area contributed by atoms with Crippen molar-refractivity contribution in [2.45, 2.75) is 64.6 Å². The Hall–Kier alpha value is -2.14. The molecule has 0 saturated carbocycles. The highest BCUT2D eigenvalue weighted by molar-refractivity contribution is 5.70. The summed E-state index contributed by atoms with van der Waals surface area (Å²) in [6, 6.07) is 9.81. The first-order chi connectivity index (χ1) is 12.0. The van der Waals surface area contributed by atoms with Crippen LogP contribution in [0.25, 0.3) is 0 Å². The molecular formula is C19H27N3O4. The van der Waals surface area contributed by atoms with Crippen LogP contribution in [-0.2, 0) is 16.0 Å². The maximum Gasteiger partial charge on any atom is 0.412 e. The van der Waals surface area contributed by atoms with Gasteiger partial charge in [0.25, 0.3) is 0 Å². The molecule has 2 unspecified atom stereocenters. The molecule has 1 amide bonds. The van der Waals surface area contributed by atoms with Crippen LogP contribution < -0.4 is 0 Å². The van der Waals surface area contributed by atoms with Gasteiger partial charge in [0, 0.05) is 0 Å². The summed E-state index contributed by atoms with van der Waals surface area (Å²) in [5.41, 5.74) is -0.751. The van der Waals surface area contributed by atoms with Gasteiger partial charge in [-0.3, -0.25) is 4.90 Å². The molecule has 0 aliphatic carbocycles. The highest BCUT2D eigenvalue weighted by Gasteiger charge is 2.50. The molecule has 1 N–H and O–H groups in total. The number of amides is 1. The average Bonchev–Trinajstić information content (AvgIpc) is 2.82. The number of hydroxylamine groups is 2. The largest absolute Gasteiger partial charge is 0.444 e. The van der Waals surface area contributed by atoms with Crippen molar-refractivity contribution in [1.82, 2.24) is 9.96 Å². The van der Waals surface area contributed by atoms with Gasteiger partial charge in [0.05, 0.1) is 25.3 Å². The second-order valence-electron chi connectivity index (χ2n) is 7.83. The summed E-state index contributed by atoms with van der Waals surface area (Å²) in [7, 11) is 0. The lowest BCUT2D eigenvalue weighted by molar-refractivity contribution is -0.136. The third-order valence-electron chi connectivity index (χ3n) is 4.11. The number of nitriles is 1. The van der Waals surface area contributed by atoms with Gasteiger partial charge in [-0.25, -0.2) is 4.79 Å². The number of benzene rings is 1. The third-order valence-corrected chi connectivity index (χ3v) is 4.11. The van der Waals surface area contributed by atoms with E-state index in [4.69, 9.17) is 9.47 Å². The highest BCUT2D eigenvalue weighted by atomic mass is 16.6. The van der Waals surface area contributed by atoms with Crippen molar-refractivity contribution in [3.05, 3.63) is 35.9 Å². The standard InChI is InChI=1S/C19H27N3O4/c1-18(2,3)26-17(23)22-16(13-25-19(22,4)5)15(11-20)21(24)12-14-9-7-6-8-10-14/h6-10,15-16,24H,12-13H2,1-5H3. The van der Waals surface area contributed by atoms with Gasteiger partial charge >= 0.3 is 6.09 Å². The number of hydrogen-bond donors (Lipinski definition) is 1. The van der Waals surface area contributed by atoms with Gasteiger partial charge in [0.1, 0.15) is 17.4 Å². The van der Waals surface area contributed by atoms with Crippen LogP contribution in [-0.4, -0.2) is 51.3 Å². The van der Waals surface area contributed by atoms with E-state index in [9.17, 15) is 15.3 Å². The fourth-order valence-electron chi connectivity index (χ4n) is 2.95. The molecule has 1 aliphatic heterocycles. The molecule has 7 nitrogen and oxygen atoms in total. The van der Waals surface area contributed by atoms with Crippen molar-refractivity contribution in [3.8, 4) is 6.07 Å². The van der Waals surface area contributed by atoms with Crippen molar-refractivity contribution in [2.75, 3.05) is 6.61 Å². The number of nitrogens with zero attached hydrogens (tertiary/aromatic N) is 3. The van der Waals surface area contributed by atoms with E-state index in [2.05, 4.69) is 6.07 Å². The molecule has 0 spiro atoms. The van der Waals surface area contributed by atoms with E-state index in [0.29, 0.717) is 0 Å². The molecule has 1 aromatic rings. The van der Waals surface area contributed by atoms with E-state index in [1.54, 1.807) is 34.6 Å². The summed E-state index contributed by atoms with van der Waals surface area (Å²) in [4.78, 5) is 14.1. The van der Waals surface area contributed by atoms with Crippen LogP contribution in [0.5, 0.6) is 0 Å². The summed E-state index contributed by atoms with van der Waals surface area (Å²) >= 11 is 0. The maximum atomic E-state index is 12.7. The average molecular weight is 361 g/mol. The Morgan fingerprint density at radius 2 is 2.08 bits per heavy atom. The van der Waals surface area contributed by atoms with Gasteiger partial charge in [-0.15, -0.1) is 0 Å². The zero-order valence-electron chi connectivity index (χ0n) is 16.0. The first-order valence-electron chi connectivity index (χ1n) is 8.60. The van der Waals surface area contributed by atoms with Crippen LogP contribution in [0.2, 0.25) is 0 Å². The second kappa shape index (κ2) is 7.62.